The van der Waals surface area contributed by atoms with E-state index in [2.05, 4.69) is 15.8 Å². The first-order valence-electron chi connectivity index (χ1n) is 7.24. The molecule has 0 saturated carbocycles. The van der Waals surface area contributed by atoms with E-state index in [0.717, 1.165) is 0 Å². The highest BCUT2D eigenvalue weighted by Gasteiger charge is 2.19. The molecule has 0 aliphatic heterocycles. The minimum atomic E-state index is -0.712. The van der Waals surface area contributed by atoms with Crippen LogP contribution in [0.4, 0.5) is 11.4 Å². The minimum Gasteiger partial charge on any atom is -0.500 e. The van der Waals surface area contributed by atoms with Crippen molar-refractivity contribution >= 4 is 34.9 Å². The number of nitro benzene ring substituents is 1. The molecule has 0 aliphatic carbocycles. The van der Waals surface area contributed by atoms with Crippen molar-refractivity contribution in [1.29, 1.82) is 0 Å². The Labute approximate surface area is 154 Å². The Bertz CT molecular complexity index is 857. The van der Waals surface area contributed by atoms with E-state index in [-0.39, 0.29) is 10.9 Å². The van der Waals surface area contributed by atoms with E-state index in [1.54, 1.807) is 19.2 Å². The molecule has 0 atom stereocenters. The van der Waals surface area contributed by atoms with Crippen LogP contribution in [0, 0.1) is 10.1 Å². The van der Waals surface area contributed by atoms with Gasteiger partial charge in [0.2, 0.25) is 5.75 Å². The number of benzene rings is 2. The third kappa shape index (κ3) is 4.57. The number of hydrazone groups is 1. The molecule has 10 heteroatoms. The second-order valence-corrected chi connectivity index (χ2v) is 5.28. The lowest BCUT2D eigenvalue weighted by molar-refractivity contribution is -0.386. The Morgan fingerprint density at radius 2 is 1.96 bits per heavy atom. The number of nitro groups is 1. The molecule has 2 aromatic rings. The van der Waals surface area contributed by atoms with Crippen molar-refractivity contribution in [2.75, 3.05) is 19.5 Å². The van der Waals surface area contributed by atoms with Gasteiger partial charge in [-0.2, -0.15) is 5.10 Å². The molecule has 0 heterocycles. The van der Waals surface area contributed by atoms with Gasteiger partial charge in [-0.3, -0.25) is 15.5 Å². The van der Waals surface area contributed by atoms with E-state index in [9.17, 15) is 15.2 Å². The van der Waals surface area contributed by atoms with Crippen LogP contribution in [0.2, 0.25) is 0 Å². The molecule has 0 amide bonds. The maximum absolute atomic E-state index is 11.0. The third-order valence-corrected chi connectivity index (χ3v) is 3.42. The number of aromatic hydroxyl groups is 1. The minimum absolute atomic E-state index is 0.0321. The molecule has 0 aromatic heterocycles. The second kappa shape index (κ2) is 8.62. The van der Waals surface area contributed by atoms with Gasteiger partial charge in [-0.25, -0.2) is 0 Å². The second-order valence-electron chi connectivity index (χ2n) is 4.87. The summed E-state index contributed by atoms with van der Waals surface area (Å²) in [6, 6.07) is 9.77. The number of rotatable bonds is 6. The van der Waals surface area contributed by atoms with Crippen molar-refractivity contribution in [2.45, 2.75) is 0 Å². The Balaban J connectivity index is 2.09. The normalized spacial score (nSPS) is 10.4. The van der Waals surface area contributed by atoms with E-state index in [4.69, 9.17) is 21.7 Å². The zero-order chi connectivity index (χ0) is 19.1. The van der Waals surface area contributed by atoms with Crippen LogP contribution in [0.1, 0.15) is 5.56 Å². The molecule has 0 unspecified atom stereocenters. The van der Waals surface area contributed by atoms with E-state index in [0.29, 0.717) is 17.0 Å². The Morgan fingerprint density at radius 3 is 2.62 bits per heavy atom. The van der Waals surface area contributed by atoms with Gasteiger partial charge >= 0.3 is 5.69 Å². The molecule has 2 rings (SSSR count). The molecule has 0 spiro atoms. The van der Waals surface area contributed by atoms with Gasteiger partial charge in [-0.1, -0.05) is 12.1 Å². The Morgan fingerprint density at radius 1 is 1.27 bits per heavy atom. The average molecular weight is 376 g/mol. The Kier molecular flexibility index (Phi) is 6.28. The number of nitrogens with one attached hydrogen (secondary N) is 2. The molecule has 3 N–H and O–H groups in total. The van der Waals surface area contributed by atoms with Crippen molar-refractivity contribution in [2.24, 2.45) is 5.10 Å². The summed E-state index contributed by atoms with van der Waals surface area (Å²) in [6.07, 6.45) is 1.31. The van der Waals surface area contributed by atoms with Crippen molar-refractivity contribution in [3.63, 3.8) is 0 Å². The highest BCUT2D eigenvalue weighted by molar-refractivity contribution is 7.80. The first-order chi connectivity index (χ1) is 12.5. The number of anilines is 1. The topological polar surface area (TPSA) is 118 Å². The van der Waals surface area contributed by atoms with Crippen molar-refractivity contribution in [3.8, 4) is 17.2 Å². The summed E-state index contributed by atoms with van der Waals surface area (Å²) in [4.78, 5) is 10.3. The fraction of sp³-hybridized carbons (Fsp3) is 0.125. The van der Waals surface area contributed by atoms with Crippen LogP contribution < -0.4 is 20.2 Å². The zero-order valence-corrected chi connectivity index (χ0v) is 14.7. The quantitative estimate of drug-likeness (QED) is 0.305. The van der Waals surface area contributed by atoms with Crippen LogP contribution in [-0.2, 0) is 0 Å². The van der Waals surface area contributed by atoms with Crippen LogP contribution in [0.25, 0.3) is 0 Å². The van der Waals surface area contributed by atoms with Gasteiger partial charge in [-0.05, 0) is 30.4 Å². The smallest absolute Gasteiger partial charge is 0.315 e. The molecule has 0 aliphatic rings. The number of hydrogen-bond donors (Lipinski definition) is 3. The average Bonchev–Trinajstić information content (AvgIpc) is 2.63. The first-order valence-corrected chi connectivity index (χ1v) is 7.65. The number of ether oxygens (including phenoxy) is 2. The van der Waals surface area contributed by atoms with Crippen molar-refractivity contribution in [1.82, 2.24) is 5.43 Å². The van der Waals surface area contributed by atoms with Gasteiger partial charge in [0.15, 0.2) is 10.9 Å². The maximum Gasteiger partial charge on any atom is 0.315 e. The van der Waals surface area contributed by atoms with Crippen LogP contribution in [0.15, 0.2) is 41.5 Å². The number of nitrogens with zero attached hydrogens (tertiary/aromatic N) is 2. The lowest BCUT2D eigenvalue weighted by atomic mass is 10.2. The summed E-state index contributed by atoms with van der Waals surface area (Å²) in [5.74, 6) is 0.0332. The van der Waals surface area contributed by atoms with Gasteiger partial charge < -0.3 is 19.9 Å². The van der Waals surface area contributed by atoms with Gasteiger partial charge in [0.1, 0.15) is 5.75 Å². The maximum atomic E-state index is 11.0. The SMILES string of the molecule is COc1ccccc1NC(=S)N/N=C/c1cc(OC)c(O)c([N+](=O)[O-])c1. The van der Waals surface area contributed by atoms with Crippen molar-refractivity contribution in [3.05, 3.63) is 52.1 Å². The molecule has 26 heavy (non-hydrogen) atoms. The Hall–Kier alpha value is -3.40. The summed E-state index contributed by atoms with van der Waals surface area (Å²) >= 11 is 5.13. The van der Waals surface area contributed by atoms with Gasteiger partial charge in [-0.15, -0.1) is 0 Å². The summed E-state index contributed by atoms with van der Waals surface area (Å²) < 4.78 is 10.1. The molecule has 136 valence electrons. The monoisotopic (exact) mass is 376 g/mol. The molecule has 0 fully saturated rings. The first kappa shape index (κ1) is 18.9. The standard InChI is InChI=1S/C16H16N4O5S/c1-24-13-6-4-3-5-11(13)18-16(26)19-17-9-10-7-12(20(22)23)15(21)14(8-10)25-2/h3-9,21H,1-2H3,(H2,18,19,26)/b17-9+. The van der Waals surface area contributed by atoms with Crippen LogP contribution in [-0.4, -0.2) is 35.6 Å². The van der Waals surface area contributed by atoms with E-state index >= 15 is 0 Å². The summed E-state index contributed by atoms with van der Waals surface area (Å²) in [7, 11) is 2.84. The number of phenolic OH excluding ortho intramolecular Hbond substituents is 1. The zero-order valence-electron chi connectivity index (χ0n) is 13.9. The molecule has 0 saturated heterocycles. The summed E-state index contributed by atoms with van der Waals surface area (Å²) in [6.45, 7) is 0. The third-order valence-electron chi connectivity index (χ3n) is 3.23. The molecule has 0 bridgehead atoms. The number of methoxy groups -OCH3 is 2. The molecule has 0 radical (unpaired) electrons. The summed E-state index contributed by atoms with van der Waals surface area (Å²) in [5.41, 5.74) is 3.11. The van der Waals surface area contributed by atoms with Gasteiger partial charge in [0.05, 0.1) is 31.0 Å². The highest BCUT2D eigenvalue weighted by Crippen LogP contribution is 2.36. The highest BCUT2D eigenvalue weighted by atomic mass is 32.1. The fourth-order valence-electron chi connectivity index (χ4n) is 2.05. The molecular weight excluding hydrogens is 360 g/mol. The van der Waals surface area contributed by atoms with Crippen LogP contribution >= 0.6 is 12.2 Å². The number of thiocarbonyl (C=S) groups is 1. The summed E-state index contributed by atoms with van der Waals surface area (Å²) in [5, 5.41) is 27.8. The lowest BCUT2D eigenvalue weighted by Crippen LogP contribution is -2.24. The van der Waals surface area contributed by atoms with E-state index in [1.807, 2.05) is 12.1 Å². The largest absolute Gasteiger partial charge is 0.500 e. The number of phenols is 1. The lowest BCUT2D eigenvalue weighted by Gasteiger charge is -2.10. The van der Waals surface area contributed by atoms with E-state index < -0.39 is 16.4 Å². The fourth-order valence-corrected chi connectivity index (χ4v) is 2.21. The molecule has 2 aromatic carbocycles. The van der Waals surface area contributed by atoms with Crippen LogP contribution in [0.5, 0.6) is 17.2 Å². The van der Waals surface area contributed by atoms with E-state index in [1.165, 1.54) is 25.5 Å². The number of hydrogen-bond acceptors (Lipinski definition) is 7. The molecule has 9 nitrogen and oxygen atoms in total. The van der Waals surface area contributed by atoms with Crippen molar-refractivity contribution < 1.29 is 19.5 Å². The number of para-hydroxylation sites is 2. The molecular formula is C16H16N4O5S. The van der Waals surface area contributed by atoms with Crippen LogP contribution in [0.3, 0.4) is 0 Å². The predicted octanol–water partition coefficient (Wildman–Crippen LogP) is 2.64. The predicted molar refractivity (Wildman–Crippen MR) is 101 cm³/mol. The van der Waals surface area contributed by atoms with Gasteiger partial charge in [0.25, 0.3) is 0 Å². The van der Waals surface area contributed by atoms with Gasteiger partial charge in [0, 0.05) is 11.6 Å².